The van der Waals surface area contributed by atoms with Crippen LogP contribution in [0.25, 0.3) is 5.69 Å². The van der Waals surface area contributed by atoms with Crippen LogP contribution in [0.1, 0.15) is 19.7 Å². The largest absolute Gasteiger partial charge is 0.497 e. The summed E-state index contributed by atoms with van der Waals surface area (Å²) in [6, 6.07) is 15.3. The molecular weight excluding hydrogens is 318 g/mol. The summed E-state index contributed by atoms with van der Waals surface area (Å²) in [5.41, 5.74) is 1.33. The van der Waals surface area contributed by atoms with Crippen LogP contribution in [0.15, 0.2) is 48.5 Å². The molecule has 1 N–H and O–H groups in total. The molecule has 0 radical (unpaired) electrons. The van der Waals surface area contributed by atoms with Crippen molar-refractivity contribution in [1.82, 2.24) is 20.2 Å². The number of aromatic nitrogens is 4. The first kappa shape index (κ1) is 16.8. The molecule has 3 rings (SSSR count). The van der Waals surface area contributed by atoms with Gasteiger partial charge in [0.15, 0.2) is 5.82 Å². The summed E-state index contributed by atoms with van der Waals surface area (Å²) in [5, 5.41) is 15.7. The minimum atomic E-state index is -0.488. The smallest absolute Gasteiger partial charge is 0.181 e. The third-order valence-corrected chi connectivity index (χ3v) is 3.89. The topological polar surface area (TPSA) is 74.1 Å². The van der Waals surface area contributed by atoms with Crippen molar-refractivity contribution in [3.05, 3.63) is 54.4 Å². The molecule has 0 unspecified atom stereocenters. The maximum Gasteiger partial charge on any atom is 0.181 e. The Morgan fingerprint density at radius 1 is 0.880 bits per heavy atom. The van der Waals surface area contributed by atoms with E-state index in [0.717, 1.165) is 22.9 Å². The van der Waals surface area contributed by atoms with Crippen molar-refractivity contribution in [2.24, 2.45) is 0 Å². The number of ether oxygens (including phenoxy) is 2. The van der Waals surface area contributed by atoms with Crippen molar-refractivity contribution in [2.45, 2.75) is 19.4 Å². The molecule has 0 fully saturated rings. The van der Waals surface area contributed by atoms with E-state index >= 15 is 0 Å². The molecule has 0 saturated carbocycles. The molecule has 2 aromatic carbocycles. The molecule has 0 aliphatic heterocycles. The van der Waals surface area contributed by atoms with Gasteiger partial charge in [-0.05, 0) is 72.8 Å². The van der Waals surface area contributed by atoms with Crippen molar-refractivity contribution in [1.29, 1.82) is 0 Å². The van der Waals surface area contributed by atoms with Gasteiger partial charge in [0.25, 0.3) is 0 Å². The van der Waals surface area contributed by atoms with Crippen molar-refractivity contribution < 1.29 is 9.47 Å². The summed E-state index contributed by atoms with van der Waals surface area (Å²) in [4.78, 5) is 0. The molecular formula is C18H21N5O2. The fourth-order valence-electron chi connectivity index (χ4n) is 2.57. The second kappa shape index (κ2) is 6.80. The van der Waals surface area contributed by atoms with Gasteiger partial charge in [-0.3, -0.25) is 0 Å². The van der Waals surface area contributed by atoms with Gasteiger partial charge in [0, 0.05) is 5.69 Å². The summed E-state index contributed by atoms with van der Waals surface area (Å²) < 4.78 is 12.1. The SMILES string of the molecule is COc1ccc(NC(C)(C)c2nnnn2-c2ccc(OC)cc2)cc1. The predicted molar refractivity (Wildman–Crippen MR) is 95.3 cm³/mol. The van der Waals surface area contributed by atoms with Crippen LogP contribution in [0.2, 0.25) is 0 Å². The number of nitrogens with one attached hydrogen (secondary N) is 1. The quantitative estimate of drug-likeness (QED) is 0.744. The van der Waals surface area contributed by atoms with E-state index in [1.54, 1.807) is 18.9 Å². The third kappa shape index (κ3) is 3.55. The number of hydrogen-bond donors (Lipinski definition) is 1. The summed E-state index contributed by atoms with van der Waals surface area (Å²) in [6.07, 6.45) is 0. The molecule has 7 nitrogen and oxygen atoms in total. The van der Waals surface area contributed by atoms with Gasteiger partial charge in [0.05, 0.1) is 25.4 Å². The first-order chi connectivity index (χ1) is 12.0. The number of hydrogen-bond acceptors (Lipinski definition) is 6. The van der Waals surface area contributed by atoms with Crippen molar-refractivity contribution in [3.8, 4) is 17.2 Å². The van der Waals surface area contributed by atoms with Crippen molar-refractivity contribution >= 4 is 5.69 Å². The number of methoxy groups -OCH3 is 2. The molecule has 0 aliphatic carbocycles. The van der Waals surface area contributed by atoms with E-state index < -0.39 is 5.54 Å². The van der Waals surface area contributed by atoms with Gasteiger partial charge >= 0.3 is 0 Å². The van der Waals surface area contributed by atoms with E-state index in [-0.39, 0.29) is 0 Å². The third-order valence-electron chi connectivity index (χ3n) is 3.89. The highest BCUT2D eigenvalue weighted by molar-refractivity contribution is 5.49. The van der Waals surface area contributed by atoms with Gasteiger partial charge < -0.3 is 14.8 Å². The molecule has 0 spiro atoms. The zero-order chi connectivity index (χ0) is 17.9. The van der Waals surface area contributed by atoms with Crippen molar-refractivity contribution in [3.63, 3.8) is 0 Å². The Hall–Kier alpha value is -3.09. The normalized spacial score (nSPS) is 11.2. The molecule has 0 bridgehead atoms. The predicted octanol–water partition coefficient (Wildman–Crippen LogP) is 3.03. The Balaban J connectivity index is 1.88. The zero-order valence-electron chi connectivity index (χ0n) is 14.7. The standard InChI is InChI=1S/C18H21N5O2/c1-18(2,19-13-5-9-15(24-3)10-6-13)17-20-21-22-23(17)14-7-11-16(25-4)12-8-14/h5-12,19H,1-4H3. The van der Waals surface area contributed by atoms with E-state index in [1.807, 2.05) is 62.4 Å². The van der Waals surface area contributed by atoms with E-state index in [9.17, 15) is 0 Å². The summed E-state index contributed by atoms with van der Waals surface area (Å²) >= 11 is 0. The number of nitrogens with zero attached hydrogens (tertiary/aromatic N) is 4. The average Bonchev–Trinajstić information content (AvgIpc) is 3.13. The second-order valence-electron chi connectivity index (χ2n) is 6.09. The van der Waals surface area contributed by atoms with Gasteiger partial charge in [-0.15, -0.1) is 5.10 Å². The van der Waals surface area contributed by atoms with Gasteiger partial charge in [0.2, 0.25) is 0 Å². The Morgan fingerprint density at radius 2 is 1.44 bits per heavy atom. The lowest BCUT2D eigenvalue weighted by Crippen LogP contribution is -2.31. The fourth-order valence-corrected chi connectivity index (χ4v) is 2.57. The van der Waals surface area contributed by atoms with Crippen LogP contribution >= 0.6 is 0 Å². The molecule has 0 atom stereocenters. The van der Waals surface area contributed by atoms with Crippen LogP contribution in [0.5, 0.6) is 11.5 Å². The van der Waals surface area contributed by atoms with Crippen LogP contribution in [-0.2, 0) is 5.54 Å². The van der Waals surface area contributed by atoms with Crippen LogP contribution in [0.4, 0.5) is 5.69 Å². The highest BCUT2D eigenvalue weighted by Crippen LogP contribution is 2.27. The van der Waals surface area contributed by atoms with Gasteiger partial charge in [-0.2, -0.15) is 4.68 Å². The maximum atomic E-state index is 5.20. The first-order valence-electron chi connectivity index (χ1n) is 7.89. The number of rotatable bonds is 6. The zero-order valence-corrected chi connectivity index (χ0v) is 14.7. The van der Waals surface area contributed by atoms with E-state index in [1.165, 1.54) is 0 Å². The van der Waals surface area contributed by atoms with E-state index in [0.29, 0.717) is 5.82 Å². The van der Waals surface area contributed by atoms with Gasteiger partial charge in [-0.25, -0.2) is 0 Å². The number of tetrazole rings is 1. The average molecular weight is 339 g/mol. The van der Waals surface area contributed by atoms with Crippen LogP contribution in [-0.4, -0.2) is 34.4 Å². The summed E-state index contributed by atoms with van der Waals surface area (Å²) in [6.45, 7) is 4.06. The molecule has 0 aliphatic rings. The van der Waals surface area contributed by atoms with Gasteiger partial charge in [0.1, 0.15) is 11.5 Å². The molecule has 130 valence electrons. The molecule has 25 heavy (non-hydrogen) atoms. The second-order valence-corrected chi connectivity index (χ2v) is 6.09. The summed E-state index contributed by atoms with van der Waals surface area (Å²) in [5.74, 6) is 2.30. The Labute approximate surface area is 146 Å². The fraction of sp³-hybridized carbons (Fsp3) is 0.278. The van der Waals surface area contributed by atoms with Crippen LogP contribution in [0.3, 0.4) is 0 Å². The van der Waals surface area contributed by atoms with Crippen molar-refractivity contribution in [2.75, 3.05) is 19.5 Å². The van der Waals surface area contributed by atoms with E-state index in [2.05, 4.69) is 20.8 Å². The lowest BCUT2D eigenvalue weighted by molar-refractivity contribution is 0.414. The Morgan fingerprint density at radius 3 is 2.00 bits per heavy atom. The molecule has 0 saturated heterocycles. The van der Waals surface area contributed by atoms with Crippen LogP contribution in [0, 0.1) is 0 Å². The lowest BCUT2D eigenvalue weighted by Gasteiger charge is -2.26. The minimum absolute atomic E-state index is 0.488. The van der Waals surface area contributed by atoms with E-state index in [4.69, 9.17) is 9.47 Å². The highest BCUT2D eigenvalue weighted by Gasteiger charge is 2.28. The molecule has 7 heteroatoms. The summed E-state index contributed by atoms with van der Waals surface area (Å²) in [7, 11) is 3.29. The Kier molecular flexibility index (Phi) is 4.56. The highest BCUT2D eigenvalue weighted by atomic mass is 16.5. The minimum Gasteiger partial charge on any atom is -0.497 e. The first-order valence-corrected chi connectivity index (χ1v) is 7.89. The number of anilines is 1. The molecule has 3 aromatic rings. The lowest BCUT2D eigenvalue weighted by atomic mass is 10.0. The number of benzene rings is 2. The van der Waals surface area contributed by atoms with Crippen LogP contribution < -0.4 is 14.8 Å². The maximum absolute atomic E-state index is 5.20. The van der Waals surface area contributed by atoms with Gasteiger partial charge in [-0.1, -0.05) is 0 Å². The molecule has 0 amide bonds. The molecule has 1 aromatic heterocycles. The monoisotopic (exact) mass is 339 g/mol. The Bertz CT molecular complexity index is 825. The molecule has 1 heterocycles.